The molecular weight excluding hydrogens is 432 g/mol. The first-order chi connectivity index (χ1) is 16.6. The van der Waals surface area contributed by atoms with Gasteiger partial charge in [-0.3, -0.25) is 9.69 Å². The summed E-state index contributed by atoms with van der Waals surface area (Å²) >= 11 is 0. The van der Waals surface area contributed by atoms with Crippen molar-refractivity contribution in [2.24, 2.45) is 5.92 Å². The molecule has 0 radical (unpaired) electrons. The van der Waals surface area contributed by atoms with Gasteiger partial charge in [-0.2, -0.15) is 0 Å². The number of amides is 1. The van der Waals surface area contributed by atoms with Crippen molar-refractivity contribution in [1.29, 1.82) is 0 Å². The second kappa shape index (κ2) is 12.0. The van der Waals surface area contributed by atoms with E-state index in [9.17, 15) is 14.7 Å². The molecule has 2 atom stereocenters. The molecule has 1 aliphatic heterocycles. The summed E-state index contributed by atoms with van der Waals surface area (Å²) in [6, 6.07) is 8.73. The standard InChI is InChI=1S/C26H36N4O4/c31-25(32)24(15-23-16-29(19-27-23)13-11-20-7-3-1-4-8-20)30-14-12-22(17-30)28-26(33)34-18-21-9-5-2-6-10-21/h2,5-6,9-10,16,19-20,22,24H,1,3-4,7-8,11-15,17-18H2,(H,28,33)(H,31,32)/t22-,24?/m0/s1. The van der Waals surface area contributed by atoms with Crippen LogP contribution < -0.4 is 5.32 Å². The minimum atomic E-state index is -0.857. The van der Waals surface area contributed by atoms with Crippen LogP contribution in [0.3, 0.4) is 0 Å². The summed E-state index contributed by atoms with van der Waals surface area (Å²) in [7, 11) is 0. The van der Waals surface area contributed by atoms with Gasteiger partial charge in [0.25, 0.3) is 0 Å². The number of aliphatic carboxylic acids is 1. The molecule has 8 heteroatoms. The molecule has 184 valence electrons. The number of aromatic nitrogens is 2. The van der Waals surface area contributed by atoms with Crippen LogP contribution in [0.5, 0.6) is 0 Å². The van der Waals surface area contributed by atoms with Crippen molar-refractivity contribution < 1.29 is 19.4 Å². The van der Waals surface area contributed by atoms with E-state index in [1.54, 1.807) is 0 Å². The van der Waals surface area contributed by atoms with Crippen molar-refractivity contribution in [2.75, 3.05) is 13.1 Å². The summed E-state index contributed by atoms with van der Waals surface area (Å²) in [5.74, 6) is -0.0520. The van der Waals surface area contributed by atoms with Crippen molar-refractivity contribution in [3.63, 3.8) is 0 Å². The zero-order valence-corrected chi connectivity index (χ0v) is 19.8. The van der Waals surface area contributed by atoms with Gasteiger partial charge < -0.3 is 19.7 Å². The molecule has 1 aliphatic carbocycles. The first-order valence-corrected chi connectivity index (χ1v) is 12.5. The maximum absolute atomic E-state index is 12.2. The molecule has 1 aromatic carbocycles. The molecule has 1 unspecified atom stereocenters. The second-order valence-corrected chi connectivity index (χ2v) is 9.64. The average Bonchev–Trinajstić information content (AvgIpc) is 3.50. The molecule has 0 bridgehead atoms. The number of carboxylic acid groups (broad SMARTS) is 1. The number of likely N-dealkylation sites (tertiary alicyclic amines) is 1. The van der Waals surface area contributed by atoms with Crippen LogP contribution >= 0.6 is 0 Å². The Bertz CT molecular complexity index is 926. The number of hydrogen-bond acceptors (Lipinski definition) is 5. The summed E-state index contributed by atoms with van der Waals surface area (Å²) in [4.78, 5) is 30.6. The number of carbonyl (C=O) groups is 2. The van der Waals surface area contributed by atoms with E-state index in [4.69, 9.17) is 4.74 Å². The highest BCUT2D eigenvalue weighted by Gasteiger charge is 2.33. The highest BCUT2D eigenvalue weighted by molar-refractivity contribution is 5.74. The van der Waals surface area contributed by atoms with Crippen LogP contribution in [-0.2, 0) is 29.1 Å². The molecule has 2 aliphatic rings. The molecule has 1 aromatic heterocycles. The fourth-order valence-electron chi connectivity index (χ4n) is 5.13. The van der Waals surface area contributed by atoms with Crippen molar-refractivity contribution >= 4 is 12.1 Å². The number of benzene rings is 1. The minimum Gasteiger partial charge on any atom is -0.480 e. The lowest BCUT2D eigenvalue weighted by atomic mass is 9.87. The summed E-state index contributed by atoms with van der Waals surface area (Å²) in [5.41, 5.74) is 1.73. The van der Waals surface area contributed by atoms with Gasteiger partial charge in [-0.25, -0.2) is 9.78 Å². The van der Waals surface area contributed by atoms with Gasteiger partial charge in [0.2, 0.25) is 0 Å². The van der Waals surface area contributed by atoms with E-state index >= 15 is 0 Å². The van der Waals surface area contributed by atoms with E-state index in [2.05, 4.69) is 14.9 Å². The zero-order valence-electron chi connectivity index (χ0n) is 19.8. The number of alkyl carbamates (subject to hydrolysis) is 1. The van der Waals surface area contributed by atoms with Crippen LogP contribution in [0, 0.1) is 5.92 Å². The molecule has 2 heterocycles. The van der Waals surface area contributed by atoms with E-state index in [-0.39, 0.29) is 12.6 Å². The molecule has 4 rings (SSSR count). The topological polar surface area (TPSA) is 96.7 Å². The van der Waals surface area contributed by atoms with E-state index in [1.807, 2.05) is 47.8 Å². The van der Waals surface area contributed by atoms with Crippen LogP contribution in [0.2, 0.25) is 0 Å². The highest BCUT2D eigenvalue weighted by atomic mass is 16.5. The van der Waals surface area contributed by atoms with E-state index in [0.717, 1.165) is 30.1 Å². The fourth-order valence-corrected chi connectivity index (χ4v) is 5.13. The Labute approximate surface area is 201 Å². The fraction of sp³-hybridized carbons (Fsp3) is 0.577. The third-order valence-corrected chi connectivity index (χ3v) is 7.09. The van der Waals surface area contributed by atoms with Crippen LogP contribution in [0.4, 0.5) is 4.79 Å². The molecule has 0 spiro atoms. The first kappa shape index (κ1) is 24.3. The van der Waals surface area contributed by atoms with Gasteiger partial charge in [0.15, 0.2) is 0 Å². The number of aryl methyl sites for hydroxylation is 1. The number of carbonyl (C=O) groups excluding carboxylic acids is 1. The Morgan fingerprint density at radius 2 is 1.94 bits per heavy atom. The van der Waals surface area contributed by atoms with Gasteiger partial charge in [-0.1, -0.05) is 62.4 Å². The molecule has 1 saturated carbocycles. The summed E-state index contributed by atoms with van der Waals surface area (Å²) in [5, 5.41) is 12.7. The molecule has 2 N–H and O–H groups in total. The lowest BCUT2D eigenvalue weighted by Crippen LogP contribution is -2.44. The van der Waals surface area contributed by atoms with E-state index < -0.39 is 18.1 Å². The van der Waals surface area contributed by atoms with Gasteiger partial charge in [0.05, 0.1) is 12.0 Å². The van der Waals surface area contributed by atoms with Crippen LogP contribution in [0.25, 0.3) is 0 Å². The number of nitrogens with zero attached hydrogens (tertiary/aromatic N) is 3. The smallest absolute Gasteiger partial charge is 0.407 e. The van der Waals surface area contributed by atoms with Crippen LogP contribution in [0.15, 0.2) is 42.9 Å². The third-order valence-electron chi connectivity index (χ3n) is 7.09. The predicted octanol–water partition coefficient (Wildman–Crippen LogP) is 3.85. The Morgan fingerprint density at radius 1 is 1.15 bits per heavy atom. The van der Waals surface area contributed by atoms with Gasteiger partial charge in [-0.15, -0.1) is 0 Å². The lowest BCUT2D eigenvalue weighted by Gasteiger charge is -2.23. The maximum atomic E-state index is 12.2. The molecule has 34 heavy (non-hydrogen) atoms. The Morgan fingerprint density at radius 3 is 2.71 bits per heavy atom. The molecule has 2 fully saturated rings. The van der Waals surface area contributed by atoms with E-state index in [1.165, 1.54) is 32.1 Å². The van der Waals surface area contributed by atoms with Gasteiger partial charge in [-0.05, 0) is 24.3 Å². The number of ether oxygens (including phenoxy) is 1. The second-order valence-electron chi connectivity index (χ2n) is 9.64. The number of imidazole rings is 1. The van der Waals surface area contributed by atoms with Gasteiger partial charge in [0.1, 0.15) is 12.6 Å². The molecular formula is C26H36N4O4. The van der Waals surface area contributed by atoms with Crippen molar-refractivity contribution in [1.82, 2.24) is 19.8 Å². The SMILES string of the molecule is O=C(N[C@H]1CCN(C(Cc2cn(CCC3CCCCC3)cn2)C(=O)O)C1)OCc1ccccc1. The Kier molecular flexibility index (Phi) is 8.57. The Balaban J connectivity index is 1.23. The molecule has 1 amide bonds. The summed E-state index contributed by atoms with van der Waals surface area (Å²) in [6.45, 7) is 2.25. The molecule has 2 aromatic rings. The third kappa shape index (κ3) is 7.06. The summed E-state index contributed by atoms with van der Waals surface area (Å²) < 4.78 is 7.40. The van der Waals surface area contributed by atoms with Gasteiger partial charge in [0, 0.05) is 38.3 Å². The van der Waals surface area contributed by atoms with Crippen molar-refractivity contribution in [3.05, 3.63) is 54.1 Å². The quantitative estimate of drug-likeness (QED) is 0.550. The van der Waals surface area contributed by atoms with Gasteiger partial charge >= 0.3 is 12.1 Å². The average molecular weight is 469 g/mol. The normalized spacial score (nSPS) is 20.2. The van der Waals surface area contributed by atoms with Crippen molar-refractivity contribution in [3.8, 4) is 0 Å². The lowest BCUT2D eigenvalue weighted by molar-refractivity contribution is -0.142. The van der Waals surface area contributed by atoms with Crippen LogP contribution in [0.1, 0.15) is 56.2 Å². The Hall–Kier alpha value is -2.87. The highest BCUT2D eigenvalue weighted by Crippen LogP contribution is 2.26. The maximum Gasteiger partial charge on any atom is 0.407 e. The van der Waals surface area contributed by atoms with Crippen LogP contribution in [-0.4, -0.2) is 56.8 Å². The number of rotatable bonds is 10. The van der Waals surface area contributed by atoms with E-state index in [0.29, 0.717) is 25.9 Å². The number of hydrogen-bond donors (Lipinski definition) is 2. The van der Waals surface area contributed by atoms with Crippen molar-refractivity contribution in [2.45, 2.75) is 76.6 Å². The largest absolute Gasteiger partial charge is 0.480 e. The molecule has 1 saturated heterocycles. The monoisotopic (exact) mass is 468 g/mol. The summed E-state index contributed by atoms with van der Waals surface area (Å²) in [6.07, 6.45) is 12.3. The predicted molar refractivity (Wildman–Crippen MR) is 128 cm³/mol. The minimum absolute atomic E-state index is 0.127. The molecule has 8 nitrogen and oxygen atoms in total. The zero-order chi connectivity index (χ0) is 23.8. The first-order valence-electron chi connectivity index (χ1n) is 12.5. The number of carboxylic acids is 1. The number of nitrogens with one attached hydrogen (secondary N) is 1.